The molecule has 0 amide bonds. The van der Waals surface area contributed by atoms with Gasteiger partial charge in [-0.1, -0.05) is 6.92 Å². The van der Waals surface area contributed by atoms with E-state index in [1.165, 1.54) is 17.9 Å². The summed E-state index contributed by atoms with van der Waals surface area (Å²) in [4.78, 5) is 4.33. The molecule has 2 rings (SSSR count). The van der Waals surface area contributed by atoms with Gasteiger partial charge in [0.1, 0.15) is 0 Å². The standard InChI is InChI=1S/C10H16N2S2/c1-7-3-9(4-14-7)12-8(2)10-5-13-6-11-10/h5-9,12H,3-4H2,1-2H3. The van der Waals surface area contributed by atoms with Gasteiger partial charge in [-0.15, -0.1) is 11.3 Å². The van der Waals surface area contributed by atoms with Gasteiger partial charge in [0.2, 0.25) is 0 Å². The van der Waals surface area contributed by atoms with Crippen molar-refractivity contribution in [2.24, 2.45) is 0 Å². The molecule has 4 heteroatoms. The Morgan fingerprint density at radius 1 is 1.64 bits per heavy atom. The molecule has 0 bridgehead atoms. The van der Waals surface area contributed by atoms with Crippen molar-refractivity contribution in [3.63, 3.8) is 0 Å². The zero-order chi connectivity index (χ0) is 9.97. The largest absolute Gasteiger partial charge is 0.305 e. The normalized spacial score (nSPS) is 29.3. The van der Waals surface area contributed by atoms with Crippen molar-refractivity contribution >= 4 is 23.1 Å². The third-order valence-electron chi connectivity index (χ3n) is 2.58. The van der Waals surface area contributed by atoms with Crippen LogP contribution in [0.25, 0.3) is 0 Å². The van der Waals surface area contributed by atoms with Crippen LogP contribution in [0.15, 0.2) is 10.9 Å². The summed E-state index contributed by atoms with van der Waals surface area (Å²) in [5.41, 5.74) is 3.08. The minimum absolute atomic E-state index is 0.400. The van der Waals surface area contributed by atoms with Gasteiger partial charge in [0.05, 0.1) is 11.2 Å². The van der Waals surface area contributed by atoms with Crippen LogP contribution >= 0.6 is 23.1 Å². The molecule has 14 heavy (non-hydrogen) atoms. The van der Waals surface area contributed by atoms with E-state index in [2.05, 4.69) is 41.3 Å². The van der Waals surface area contributed by atoms with Gasteiger partial charge in [-0.25, -0.2) is 4.98 Å². The van der Waals surface area contributed by atoms with Crippen LogP contribution in [0.5, 0.6) is 0 Å². The van der Waals surface area contributed by atoms with E-state index in [9.17, 15) is 0 Å². The first-order chi connectivity index (χ1) is 6.75. The van der Waals surface area contributed by atoms with Crippen LogP contribution in [0.3, 0.4) is 0 Å². The van der Waals surface area contributed by atoms with Gasteiger partial charge in [-0.05, 0) is 13.3 Å². The number of hydrogen-bond acceptors (Lipinski definition) is 4. The summed E-state index contributed by atoms with van der Waals surface area (Å²) in [6, 6.07) is 1.07. The number of thioether (sulfide) groups is 1. The van der Waals surface area contributed by atoms with Crippen LogP contribution in [0.1, 0.15) is 32.0 Å². The predicted molar refractivity (Wildman–Crippen MR) is 64.0 cm³/mol. The van der Waals surface area contributed by atoms with Crippen LogP contribution in [0.2, 0.25) is 0 Å². The first-order valence-electron chi connectivity index (χ1n) is 5.01. The molecule has 1 aliphatic heterocycles. The third-order valence-corrected chi connectivity index (χ3v) is 4.54. The summed E-state index contributed by atoms with van der Waals surface area (Å²) in [6.45, 7) is 4.50. The van der Waals surface area contributed by atoms with E-state index in [1.54, 1.807) is 11.3 Å². The summed E-state index contributed by atoms with van der Waals surface area (Å²) in [6.07, 6.45) is 1.29. The van der Waals surface area contributed by atoms with Gasteiger partial charge >= 0.3 is 0 Å². The molecule has 78 valence electrons. The molecule has 0 spiro atoms. The lowest BCUT2D eigenvalue weighted by Crippen LogP contribution is -2.31. The first kappa shape index (κ1) is 10.5. The molecule has 1 fully saturated rings. The molecular formula is C10H16N2S2. The van der Waals surface area contributed by atoms with Crippen molar-refractivity contribution in [3.8, 4) is 0 Å². The van der Waals surface area contributed by atoms with Crippen molar-refractivity contribution < 1.29 is 0 Å². The maximum absolute atomic E-state index is 4.33. The van der Waals surface area contributed by atoms with Crippen LogP contribution in [-0.4, -0.2) is 22.0 Å². The molecule has 0 aromatic carbocycles. The molecule has 2 heterocycles. The average molecular weight is 228 g/mol. The van der Waals surface area contributed by atoms with Gasteiger partial charge in [-0.2, -0.15) is 11.8 Å². The van der Waals surface area contributed by atoms with Crippen LogP contribution < -0.4 is 5.32 Å². The van der Waals surface area contributed by atoms with Gasteiger partial charge in [0, 0.05) is 28.5 Å². The van der Waals surface area contributed by atoms with E-state index in [1.807, 2.05) is 5.51 Å². The second kappa shape index (κ2) is 4.64. The summed E-state index contributed by atoms with van der Waals surface area (Å²) in [5, 5.41) is 6.58. The van der Waals surface area contributed by atoms with Gasteiger partial charge in [-0.3, -0.25) is 0 Å². The second-order valence-electron chi connectivity index (χ2n) is 3.88. The fourth-order valence-corrected chi connectivity index (χ4v) is 3.62. The van der Waals surface area contributed by atoms with Crippen LogP contribution in [0, 0.1) is 0 Å². The minimum Gasteiger partial charge on any atom is -0.305 e. The Balaban J connectivity index is 1.86. The van der Waals surface area contributed by atoms with Crippen LogP contribution in [-0.2, 0) is 0 Å². The van der Waals surface area contributed by atoms with E-state index >= 15 is 0 Å². The fraction of sp³-hybridized carbons (Fsp3) is 0.700. The monoisotopic (exact) mass is 228 g/mol. The molecule has 1 saturated heterocycles. The van der Waals surface area contributed by atoms with E-state index in [4.69, 9.17) is 0 Å². The van der Waals surface area contributed by atoms with Gasteiger partial charge < -0.3 is 5.32 Å². The zero-order valence-corrected chi connectivity index (χ0v) is 10.2. The highest BCUT2D eigenvalue weighted by Gasteiger charge is 2.23. The van der Waals surface area contributed by atoms with Crippen molar-refractivity contribution in [3.05, 3.63) is 16.6 Å². The summed E-state index contributed by atoms with van der Waals surface area (Å²) < 4.78 is 0. The molecular weight excluding hydrogens is 212 g/mol. The van der Waals surface area contributed by atoms with E-state index < -0.39 is 0 Å². The minimum atomic E-state index is 0.400. The molecule has 3 atom stereocenters. The van der Waals surface area contributed by atoms with E-state index in [-0.39, 0.29) is 0 Å². The number of nitrogens with one attached hydrogen (secondary N) is 1. The maximum Gasteiger partial charge on any atom is 0.0795 e. The van der Waals surface area contributed by atoms with Crippen molar-refractivity contribution in [2.45, 2.75) is 37.6 Å². The molecule has 3 unspecified atom stereocenters. The highest BCUT2D eigenvalue weighted by molar-refractivity contribution is 8.00. The Hall–Kier alpha value is -0.0600. The Bertz CT molecular complexity index is 274. The summed E-state index contributed by atoms with van der Waals surface area (Å²) in [5.74, 6) is 1.25. The van der Waals surface area contributed by atoms with E-state index in [0.29, 0.717) is 12.1 Å². The number of nitrogens with zero attached hydrogens (tertiary/aromatic N) is 1. The Morgan fingerprint density at radius 3 is 3.07 bits per heavy atom. The Morgan fingerprint density at radius 2 is 2.50 bits per heavy atom. The lowest BCUT2D eigenvalue weighted by molar-refractivity contribution is 0.469. The predicted octanol–water partition coefficient (Wildman–Crippen LogP) is 2.69. The van der Waals surface area contributed by atoms with E-state index in [0.717, 1.165) is 5.25 Å². The second-order valence-corrected chi connectivity index (χ2v) is 6.07. The summed E-state index contributed by atoms with van der Waals surface area (Å²) in [7, 11) is 0. The number of thiazole rings is 1. The third kappa shape index (κ3) is 2.49. The fourth-order valence-electron chi connectivity index (χ4n) is 1.81. The molecule has 0 aliphatic carbocycles. The Labute approximate surface area is 93.5 Å². The molecule has 1 aromatic heterocycles. The number of aromatic nitrogens is 1. The topological polar surface area (TPSA) is 24.9 Å². The lowest BCUT2D eigenvalue weighted by atomic mass is 10.1. The average Bonchev–Trinajstić information content (AvgIpc) is 2.75. The Kier molecular flexibility index (Phi) is 3.47. The van der Waals surface area contributed by atoms with Crippen molar-refractivity contribution in [1.82, 2.24) is 10.3 Å². The van der Waals surface area contributed by atoms with Crippen LogP contribution in [0.4, 0.5) is 0 Å². The number of rotatable bonds is 3. The quantitative estimate of drug-likeness (QED) is 0.861. The maximum atomic E-state index is 4.33. The molecule has 0 radical (unpaired) electrons. The number of hydrogen-bond donors (Lipinski definition) is 1. The summed E-state index contributed by atoms with van der Waals surface area (Å²) >= 11 is 3.73. The van der Waals surface area contributed by atoms with Gasteiger partial charge in [0.25, 0.3) is 0 Å². The molecule has 1 aromatic rings. The molecule has 1 N–H and O–H groups in total. The lowest BCUT2D eigenvalue weighted by Gasteiger charge is -2.17. The smallest absolute Gasteiger partial charge is 0.0795 e. The van der Waals surface area contributed by atoms with Crippen molar-refractivity contribution in [1.29, 1.82) is 0 Å². The molecule has 1 aliphatic rings. The first-order valence-corrected chi connectivity index (χ1v) is 7.00. The highest BCUT2D eigenvalue weighted by atomic mass is 32.2. The van der Waals surface area contributed by atoms with Crippen molar-refractivity contribution in [2.75, 3.05) is 5.75 Å². The SMILES string of the molecule is CC1CC(NC(C)c2cscn2)CS1. The highest BCUT2D eigenvalue weighted by Crippen LogP contribution is 2.27. The zero-order valence-electron chi connectivity index (χ0n) is 8.56. The molecule has 2 nitrogen and oxygen atoms in total. The molecule has 0 saturated carbocycles. The van der Waals surface area contributed by atoms with Gasteiger partial charge in [0.15, 0.2) is 0 Å².